The maximum Gasteiger partial charge on any atom is 0.266 e. The third-order valence-electron chi connectivity index (χ3n) is 3.32. The normalized spacial score (nSPS) is 10.5. The fourth-order valence-corrected chi connectivity index (χ4v) is 2.29. The van der Waals surface area contributed by atoms with Gasteiger partial charge in [-0.15, -0.1) is 5.10 Å². The molecule has 1 N–H and O–H groups in total. The van der Waals surface area contributed by atoms with Gasteiger partial charge in [-0.1, -0.05) is 17.7 Å². The Balaban J connectivity index is 1.50. The van der Waals surface area contributed by atoms with Gasteiger partial charge in [0.15, 0.2) is 12.4 Å². The van der Waals surface area contributed by atoms with Crippen molar-refractivity contribution in [1.29, 1.82) is 0 Å². The second-order valence-electron chi connectivity index (χ2n) is 5.19. The quantitative estimate of drug-likeness (QED) is 0.652. The SMILES string of the molecule is O=C(COc1cccc(Cl)c1)NCCn1nc(-n2cncn2)ccc1=O. The largest absolute Gasteiger partial charge is 0.484 e. The van der Waals surface area contributed by atoms with Crippen LogP contribution in [0.2, 0.25) is 5.02 Å². The number of hydrogen-bond acceptors (Lipinski definition) is 6. The summed E-state index contributed by atoms with van der Waals surface area (Å²) in [5.41, 5.74) is -0.279. The average molecular weight is 375 g/mol. The molecule has 1 amide bonds. The first-order valence-corrected chi connectivity index (χ1v) is 8.08. The topological polar surface area (TPSA) is 104 Å². The molecule has 0 spiro atoms. The summed E-state index contributed by atoms with van der Waals surface area (Å²) < 4.78 is 8.03. The highest BCUT2D eigenvalue weighted by Gasteiger charge is 2.06. The molecular formula is C16H15ClN6O3. The van der Waals surface area contributed by atoms with Crippen molar-refractivity contribution >= 4 is 17.5 Å². The summed E-state index contributed by atoms with van der Waals surface area (Å²) in [7, 11) is 0. The van der Waals surface area contributed by atoms with Crippen LogP contribution in [0.3, 0.4) is 0 Å². The number of halogens is 1. The number of ether oxygens (including phenoxy) is 1. The van der Waals surface area contributed by atoms with Crippen LogP contribution in [0.15, 0.2) is 53.8 Å². The Labute approximate surface area is 153 Å². The standard InChI is InChI=1S/C16H15ClN6O3/c17-12-2-1-3-13(8-12)26-9-15(24)19-6-7-22-16(25)5-4-14(21-22)23-11-18-10-20-23/h1-5,8,10-11H,6-7,9H2,(H,19,24). The Hall–Kier alpha value is -3.20. The van der Waals surface area contributed by atoms with E-state index >= 15 is 0 Å². The van der Waals surface area contributed by atoms with E-state index in [1.54, 1.807) is 30.3 Å². The smallest absolute Gasteiger partial charge is 0.266 e. The van der Waals surface area contributed by atoms with E-state index in [2.05, 4.69) is 20.5 Å². The van der Waals surface area contributed by atoms with Gasteiger partial charge >= 0.3 is 0 Å². The van der Waals surface area contributed by atoms with Crippen molar-refractivity contribution in [2.75, 3.05) is 13.2 Å². The number of hydrogen-bond donors (Lipinski definition) is 1. The monoisotopic (exact) mass is 374 g/mol. The molecular weight excluding hydrogens is 360 g/mol. The van der Waals surface area contributed by atoms with Gasteiger partial charge in [0.1, 0.15) is 18.4 Å². The molecule has 0 radical (unpaired) electrons. The molecule has 134 valence electrons. The first-order chi connectivity index (χ1) is 12.6. The van der Waals surface area contributed by atoms with Crippen LogP contribution < -0.4 is 15.6 Å². The summed E-state index contributed by atoms with van der Waals surface area (Å²) in [4.78, 5) is 27.5. The Bertz CT molecular complexity index is 941. The molecule has 2 heterocycles. The number of carbonyl (C=O) groups is 1. The van der Waals surface area contributed by atoms with Crippen molar-refractivity contribution in [2.45, 2.75) is 6.54 Å². The Morgan fingerprint density at radius 1 is 1.27 bits per heavy atom. The molecule has 26 heavy (non-hydrogen) atoms. The summed E-state index contributed by atoms with van der Waals surface area (Å²) >= 11 is 5.85. The van der Waals surface area contributed by atoms with Crippen LogP contribution in [0.5, 0.6) is 5.75 Å². The van der Waals surface area contributed by atoms with E-state index in [1.165, 1.54) is 28.1 Å². The van der Waals surface area contributed by atoms with E-state index < -0.39 is 0 Å². The van der Waals surface area contributed by atoms with Crippen LogP contribution >= 0.6 is 11.6 Å². The summed E-state index contributed by atoms with van der Waals surface area (Å²) in [6.45, 7) is 0.289. The van der Waals surface area contributed by atoms with Crippen LogP contribution in [0.4, 0.5) is 0 Å². The highest BCUT2D eigenvalue weighted by atomic mass is 35.5. The molecule has 0 unspecified atom stereocenters. The third-order valence-corrected chi connectivity index (χ3v) is 3.55. The second-order valence-corrected chi connectivity index (χ2v) is 5.63. The Kier molecular flexibility index (Phi) is 5.59. The average Bonchev–Trinajstić information content (AvgIpc) is 3.16. The minimum absolute atomic E-state index is 0.151. The van der Waals surface area contributed by atoms with Crippen LogP contribution in [0, 0.1) is 0 Å². The van der Waals surface area contributed by atoms with Gasteiger partial charge in [-0.25, -0.2) is 14.3 Å². The summed E-state index contributed by atoms with van der Waals surface area (Å²) in [6.07, 6.45) is 2.85. The Morgan fingerprint density at radius 2 is 2.15 bits per heavy atom. The van der Waals surface area contributed by atoms with Crippen molar-refractivity contribution in [3.8, 4) is 11.6 Å². The lowest BCUT2D eigenvalue weighted by atomic mass is 10.3. The summed E-state index contributed by atoms with van der Waals surface area (Å²) in [6, 6.07) is 9.70. The molecule has 0 fully saturated rings. The molecule has 0 aliphatic carbocycles. The second kappa shape index (κ2) is 8.26. The summed E-state index contributed by atoms with van der Waals surface area (Å²) in [5.74, 6) is 0.647. The predicted molar refractivity (Wildman–Crippen MR) is 93.4 cm³/mol. The number of carbonyl (C=O) groups excluding carboxylic acids is 1. The first kappa shape index (κ1) is 17.6. The molecule has 2 aromatic heterocycles. The van der Waals surface area contributed by atoms with Gasteiger partial charge in [-0.05, 0) is 24.3 Å². The molecule has 3 aromatic rings. The predicted octanol–water partition coefficient (Wildman–Crippen LogP) is 0.673. The fraction of sp³-hybridized carbons (Fsp3) is 0.188. The lowest BCUT2D eigenvalue weighted by Gasteiger charge is -2.09. The molecule has 0 aliphatic rings. The van der Waals surface area contributed by atoms with Crippen molar-refractivity contribution in [1.82, 2.24) is 29.9 Å². The van der Waals surface area contributed by atoms with E-state index in [0.717, 1.165) is 0 Å². The molecule has 3 rings (SSSR count). The summed E-state index contributed by atoms with van der Waals surface area (Å²) in [5, 5.41) is 11.3. The highest BCUT2D eigenvalue weighted by Crippen LogP contribution is 2.16. The van der Waals surface area contributed by atoms with Crippen LogP contribution in [0.25, 0.3) is 5.82 Å². The van der Waals surface area contributed by atoms with E-state index in [9.17, 15) is 9.59 Å². The zero-order valence-corrected chi connectivity index (χ0v) is 14.3. The first-order valence-electron chi connectivity index (χ1n) is 7.70. The molecule has 0 saturated heterocycles. The van der Waals surface area contributed by atoms with E-state index in [0.29, 0.717) is 16.6 Å². The highest BCUT2D eigenvalue weighted by molar-refractivity contribution is 6.30. The molecule has 0 aliphatic heterocycles. The van der Waals surface area contributed by atoms with E-state index in [1.807, 2.05) is 0 Å². The van der Waals surface area contributed by atoms with E-state index in [4.69, 9.17) is 16.3 Å². The minimum Gasteiger partial charge on any atom is -0.484 e. The van der Waals surface area contributed by atoms with E-state index in [-0.39, 0.29) is 31.2 Å². The molecule has 9 nitrogen and oxygen atoms in total. The molecule has 0 bridgehead atoms. The van der Waals surface area contributed by atoms with Crippen molar-refractivity contribution in [2.24, 2.45) is 0 Å². The zero-order chi connectivity index (χ0) is 18.4. The number of nitrogens with zero attached hydrogens (tertiary/aromatic N) is 5. The lowest BCUT2D eigenvalue weighted by Crippen LogP contribution is -2.34. The lowest BCUT2D eigenvalue weighted by molar-refractivity contribution is -0.123. The van der Waals surface area contributed by atoms with Crippen molar-refractivity contribution in [3.63, 3.8) is 0 Å². The van der Waals surface area contributed by atoms with Gasteiger partial charge < -0.3 is 10.1 Å². The molecule has 1 aromatic carbocycles. The zero-order valence-electron chi connectivity index (χ0n) is 13.6. The number of rotatable bonds is 7. The number of aromatic nitrogens is 5. The van der Waals surface area contributed by atoms with Crippen LogP contribution in [0.1, 0.15) is 0 Å². The maximum absolute atomic E-state index is 11.9. The Morgan fingerprint density at radius 3 is 2.92 bits per heavy atom. The maximum atomic E-state index is 11.9. The molecule has 10 heteroatoms. The van der Waals surface area contributed by atoms with Crippen molar-refractivity contribution in [3.05, 3.63) is 64.4 Å². The molecule has 0 atom stereocenters. The van der Waals surface area contributed by atoms with Crippen molar-refractivity contribution < 1.29 is 9.53 Å². The number of nitrogens with one attached hydrogen (secondary N) is 1. The van der Waals surface area contributed by atoms with Gasteiger partial charge in [0.25, 0.3) is 11.5 Å². The fourth-order valence-electron chi connectivity index (χ4n) is 2.10. The third kappa shape index (κ3) is 4.67. The molecule has 0 saturated carbocycles. The van der Waals surface area contributed by atoms with Gasteiger partial charge in [0.05, 0.1) is 6.54 Å². The van der Waals surface area contributed by atoms with Gasteiger partial charge in [-0.3, -0.25) is 9.59 Å². The van der Waals surface area contributed by atoms with Crippen LogP contribution in [-0.2, 0) is 11.3 Å². The van der Waals surface area contributed by atoms with Gasteiger partial charge in [-0.2, -0.15) is 5.10 Å². The number of amides is 1. The van der Waals surface area contributed by atoms with Gasteiger partial charge in [0.2, 0.25) is 0 Å². The van der Waals surface area contributed by atoms with Crippen LogP contribution in [-0.4, -0.2) is 43.6 Å². The minimum atomic E-state index is -0.314. The van der Waals surface area contributed by atoms with Gasteiger partial charge in [0, 0.05) is 17.6 Å². The number of benzene rings is 1.